The van der Waals surface area contributed by atoms with Crippen LogP contribution in [0.1, 0.15) is 62.6 Å². The zero-order chi connectivity index (χ0) is 41.8. The van der Waals surface area contributed by atoms with Crippen LogP contribution in [-0.2, 0) is 33.6 Å². The number of aryl methyl sites for hydroxylation is 1. The van der Waals surface area contributed by atoms with Gasteiger partial charge in [-0.05, 0) is 75.6 Å². The highest BCUT2D eigenvalue weighted by atomic mass is 31.2. The Morgan fingerprint density at radius 3 is 1.95 bits per heavy atom. The highest BCUT2D eigenvalue weighted by molar-refractivity contribution is 7.44. The Labute approximate surface area is 341 Å². The molecule has 0 saturated carbocycles. The molecule has 0 bridgehead atoms. The molecule has 0 spiro atoms. The number of hydrogen-bond acceptors (Lipinski definition) is 12. The molecule has 0 aliphatic carbocycles. The van der Waals surface area contributed by atoms with E-state index in [1.165, 1.54) is 10.8 Å². The summed E-state index contributed by atoms with van der Waals surface area (Å²) in [6.45, 7) is 10.4. The zero-order valence-corrected chi connectivity index (χ0v) is 35.3. The fraction of sp³-hybridized carbons (Fsp3) is 0.465. The Kier molecular flexibility index (Phi) is 16.2. The van der Waals surface area contributed by atoms with Crippen molar-refractivity contribution in [1.29, 1.82) is 5.26 Å². The zero-order valence-electron chi connectivity index (χ0n) is 34.5. The molecule has 14 nitrogen and oxygen atoms in total. The van der Waals surface area contributed by atoms with Crippen molar-refractivity contribution in [3.63, 3.8) is 0 Å². The lowest BCUT2D eigenvalue weighted by Gasteiger charge is -2.41. The van der Waals surface area contributed by atoms with E-state index in [1.54, 1.807) is 28.3 Å². The highest BCUT2D eigenvalue weighted by Crippen LogP contribution is 2.49. The fourth-order valence-electron chi connectivity index (χ4n) is 7.11. The third kappa shape index (κ3) is 10.2. The van der Waals surface area contributed by atoms with Gasteiger partial charge >= 0.3 is 5.69 Å². The van der Waals surface area contributed by atoms with Crippen LogP contribution in [0.25, 0.3) is 0 Å². The van der Waals surface area contributed by atoms with E-state index in [2.05, 4.69) is 43.4 Å². The van der Waals surface area contributed by atoms with Gasteiger partial charge in [-0.15, -0.1) is 0 Å². The van der Waals surface area contributed by atoms with Gasteiger partial charge < -0.3 is 37.5 Å². The molecule has 4 aromatic rings. The lowest BCUT2D eigenvalue weighted by atomic mass is 9.79. The summed E-state index contributed by atoms with van der Waals surface area (Å²) in [5.41, 5.74) is 0.161. The van der Waals surface area contributed by atoms with Crippen LogP contribution < -0.4 is 20.7 Å². The summed E-state index contributed by atoms with van der Waals surface area (Å²) >= 11 is 0. The van der Waals surface area contributed by atoms with E-state index in [9.17, 15) is 14.9 Å². The van der Waals surface area contributed by atoms with Crippen LogP contribution >= 0.6 is 8.53 Å². The molecule has 2 unspecified atom stereocenters. The van der Waals surface area contributed by atoms with Gasteiger partial charge in [0.15, 0.2) is 6.23 Å². The monoisotopic (exact) mass is 818 g/mol. The largest absolute Gasteiger partial charge is 0.497 e. The molecule has 1 aliphatic rings. The summed E-state index contributed by atoms with van der Waals surface area (Å²) in [6.07, 6.45) is -2.17. The van der Waals surface area contributed by atoms with Crippen LogP contribution in [0, 0.1) is 18.3 Å². The van der Waals surface area contributed by atoms with Gasteiger partial charge in [-0.2, -0.15) is 5.26 Å². The van der Waals surface area contributed by atoms with Crippen molar-refractivity contribution < 1.29 is 37.5 Å². The van der Waals surface area contributed by atoms with E-state index in [-0.39, 0.29) is 44.9 Å². The highest BCUT2D eigenvalue weighted by Gasteiger charge is 2.53. The van der Waals surface area contributed by atoms with E-state index >= 15 is 0 Å². The van der Waals surface area contributed by atoms with Crippen molar-refractivity contribution in [2.24, 2.45) is 0 Å². The van der Waals surface area contributed by atoms with Gasteiger partial charge in [-0.25, -0.2) is 9.46 Å². The maximum atomic E-state index is 13.6. The summed E-state index contributed by atoms with van der Waals surface area (Å²) in [4.78, 5) is 28.6. The number of nitrogens with one attached hydrogen (secondary N) is 1. The molecular formula is C43H55N4O10P. The van der Waals surface area contributed by atoms with E-state index in [0.29, 0.717) is 17.1 Å². The van der Waals surface area contributed by atoms with Crippen molar-refractivity contribution in [2.45, 2.75) is 83.3 Å². The van der Waals surface area contributed by atoms with Crippen LogP contribution in [0.5, 0.6) is 11.5 Å². The third-order valence-corrected chi connectivity index (χ3v) is 11.9. The van der Waals surface area contributed by atoms with Crippen molar-refractivity contribution in [3.8, 4) is 17.6 Å². The van der Waals surface area contributed by atoms with Crippen LogP contribution in [0.15, 0.2) is 94.6 Å². The summed E-state index contributed by atoms with van der Waals surface area (Å²) < 4.78 is 54.1. The number of nitriles is 1. The first-order valence-electron chi connectivity index (χ1n) is 19.3. The normalized spacial score (nSPS) is 18.8. The van der Waals surface area contributed by atoms with Crippen molar-refractivity contribution in [3.05, 3.63) is 128 Å². The topological polar surface area (TPSA) is 156 Å². The fourth-order valence-corrected chi connectivity index (χ4v) is 8.73. The predicted molar refractivity (Wildman–Crippen MR) is 220 cm³/mol. The molecule has 1 N–H and O–H groups in total. The van der Waals surface area contributed by atoms with Crippen molar-refractivity contribution >= 4 is 8.53 Å². The number of benzene rings is 3. The average molecular weight is 819 g/mol. The average Bonchev–Trinajstić information content (AvgIpc) is 3.56. The lowest BCUT2D eigenvalue weighted by Crippen LogP contribution is -2.47. The molecule has 5 rings (SSSR count). The second kappa shape index (κ2) is 21.0. The Morgan fingerprint density at radius 1 is 0.828 bits per heavy atom. The van der Waals surface area contributed by atoms with E-state index in [0.717, 1.165) is 16.7 Å². The number of H-pyrrole nitrogens is 1. The van der Waals surface area contributed by atoms with Crippen LogP contribution in [-0.4, -0.2) is 92.4 Å². The van der Waals surface area contributed by atoms with E-state index < -0.39 is 49.9 Å². The standard InChI is InChI=1S/C43H55N4O10P/c1-29(2)47(30(3)4)58(54-24-12-23-44)55-28-37-38(39(53-26-25-50-6)41(56-37)46-27-31(5)40(48)45-42(46)49)57-43(32-13-10-9-11-14-32,33-15-19-35(51-7)20-16-33)34-17-21-36(52-8)22-18-34/h9-11,13-22,27,29-30,37-39,41H,12,24-26,28H2,1-8H3,(H,45,48,49)/t37-,38+,39?,41-,58?/m1/s1. The minimum absolute atomic E-state index is 0.0428. The van der Waals surface area contributed by atoms with E-state index in [4.69, 9.17) is 37.5 Å². The Bertz CT molecular complexity index is 1980. The molecule has 1 aromatic heterocycles. The Morgan fingerprint density at radius 2 is 1.41 bits per heavy atom. The number of aromatic nitrogens is 2. The molecule has 1 saturated heterocycles. The lowest BCUT2D eigenvalue weighted by molar-refractivity contribution is -0.128. The van der Waals surface area contributed by atoms with Gasteiger partial charge in [0.25, 0.3) is 14.1 Å². The number of rotatable bonds is 21. The quantitative estimate of drug-likeness (QED) is 0.0557. The van der Waals surface area contributed by atoms with E-state index in [1.807, 2.05) is 78.9 Å². The van der Waals surface area contributed by atoms with Crippen molar-refractivity contribution in [1.82, 2.24) is 14.2 Å². The molecule has 0 radical (unpaired) electrons. The number of aromatic amines is 1. The van der Waals surface area contributed by atoms with Gasteiger partial charge in [0.2, 0.25) is 0 Å². The van der Waals surface area contributed by atoms with Gasteiger partial charge in [0.05, 0.1) is 53.1 Å². The molecule has 1 aliphatic heterocycles. The smallest absolute Gasteiger partial charge is 0.330 e. The molecule has 1 fully saturated rings. The van der Waals surface area contributed by atoms with Crippen LogP contribution in [0.2, 0.25) is 0 Å². The van der Waals surface area contributed by atoms with Crippen LogP contribution in [0.4, 0.5) is 0 Å². The number of hydrogen-bond donors (Lipinski definition) is 1. The summed E-state index contributed by atoms with van der Waals surface area (Å²) in [5, 5.41) is 9.34. The molecule has 15 heteroatoms. The Balaban J connectivity index is 1.73. The summed E-state index contributed by atoms with van der Waals surface area (Å²) in [7, 11) is 3.10. The summed E-state index contributed by atoms with van der Waals surface area (Å²) in [6, 6.07) is 27.4. The minimum atomic E-state index is -1.70. The molecule has 312 valence electrons. The first-order valence-corrected chi connectivity index (χ1v) is 20.4. The van der Waals surface area contributed by atoms with Gasteiger partial charge in [0, 0.05) is 31.0 Å². The molecule has 2 heterocycles. The number of ether oxygens (including phenoxy) is 6. The SMILES string of the molecule is COCCOC1[C@@H](OC(c2ccccc2)(c2ccc(OC)cc2)c2ccc(OC)cc2)[C@@H](COP(OCCC#N)N(C(C)C)C(C)C)O[C@H]1n1cc(C)c(=O)[nH]c1=O. The molecule has 0 amide bonds. The molecular weight excluding hydrogens is 763 g/mol. The van der Waals surface area contributed by atoms with Gasteiger partial charge in [-0.1, -0.05) is 54.6 Å². The maximum Gasteiger partial charge on any atom is 0.330 e. The second-order valence-electron chi connectivity index (χ2n) is 14.3. The number of nitrogens with zero attached hydrogens (tertiary/aromatic N) is 3. The summed E-state index contributed by atoms with van der Waals surface area (Å²) in [5.74, 6) is 1.32. The third-order valence-electron chi connectivity index (χ3n) is 9.80. The van der Waals surface area contributed by atoms with Gasteiger partial charge in [0.1, 0.15) is 35.4 Å². The number of methoxy groups -OCH3 is 3. The molecule has 58 heavy (non-hydrogen) atoms. The molecule has 3 aromatic carbocycles. The second-order valence-corrected chi connectivity index (χ2v) is 15.8. The predicted octanol–water partition coefficient (Wildman–Crippen LogP) is 6.46. The molecule has 5 atom stereocenters. The van der Waals surface area contributed by atoms with Crippen molar-refractivity contribution in [2.75, 3.05) is 47.8 Å². The van der Waals surface area contributed by atoms with Gasteiger partial charge in [-0.3, -0.25) is 14.3 Å². The maximum absolute atomic E-state index is 13.6. The Hall–Kier alpha value is -4.42. The minimum Gasteiger partial charge on any atom is -0.497 e. The first-order chi connectivity index (χ1) is 28.0. The van der Waals surface area contributed by atoms with Crippen LogP contribution in [0.3, 0.4) is 0 Å². The first kappa shape index (κ1) is 44.7.